The lowest BCUT2D eigenvalue weighted by molar-refractivity contribution is -0.195. The topological polar surface area (TPSA) is 99.1 Å². The van der Waals surface area contributed by atoms with Crippen LogP contribution in [0.3, 0.4) is 0 Å². The SMILES string of the molecule is CC1CC2CCCC(C1)C2OC(=O)CC(O)(CC(=O)OC1C(C)CC2CCCC1C2)C(=O)OC1C2CCCC1CC(C)C2. The summed E-state index contributed by atoms with van der Waals surface area (Å²) in [5.41, 5.74) is -2.30. The van der Waals surface area contributed by atoms with Crippen LogP contribution < -0.4 is 0 Å². The Morgan fingerprint density at radius 1 is 0.581 bits per heavy atom. The Morgan fingerprint density at radius 2 is 1.00 bits per heavy atom. The van der Waals surface area contributed by atoms with Gasteiger partial charge in [-0.2, -0.15) is 0 Å². The molecule has 6 aliphatic carbocycles. The number of ether oxygens (including phenoxy) is 3. The fourth-order valence-corrected chi connectivity index (χ4v) is 10.9. The Kier molecular flexibility index (Phi) is 9.48. The van der Waals surface area contributed by atoms with Crippen molar-refractivity contribution in [2.45, 2.75) is 154 Å². The van der Waals surface area contributed by atoms with Gasteiger partial charge in [-0.1, -0.05) is 46.5 Å². The molecule has 0 radical (unpaired) electrons. The molecule has 7 nitrogen and oxygen atoms in total. The Labute approximate surface area is 258 Å². The minimum Gasteiger partial charge on any atom is -0.462 e. The molecule has 0 heterocycles. The quantitative estimate of drug-likeness (QED) is 0.242. The third kappa shape index (κ3) is 6.97. The molecule has 0 aliphatic heterocycles. The first-order chi connectivity index (χ1) is 20.6. The van der Waals surface area contributed by atoms with Crippen LogP contribution in [0.15, 0.2) is 0 Å². The second kappa shape index (κ2) is 13.0. The van der Waals surface area contributed by atoms with E-state index in [1.165, 1.54) is 6.42 Å². The van der Waals surface area contributed by atoms with Gasteiger partial charge >= 0.3 is 17.9 Å². The highest BCUT2D eigenvalue weighted by Crippen LogP contribution is 2.47. The summed E-state index contributed by atoms with van der Waals surface area (Å²) in [6.45, 7) is 6.67. The zero-order valence-corrected chi connectivity index (χ0v) is 26.8. The summed E-state index contributed by atoms with van der Waals surface area (Å²) in [6.07, 6.45) is 14.2. The number of hydrogen-bond donors (Lipinski definition) is 1. The van der Waals surface area contributed by atoms with E-state index in [0.717, 1.165) is 89.9 Å². The van der Waals surface area contributed by atoms with E-state index in [4.69, 9.17) is 14.2 Å². The predicted octanol–water partition coefficient (Wildman–Crippen LogP) is 6.77. The fraction of sp³-hybridized carbons (Fsp3) is 0.917. The monoisotopic (exact) mass is 600 g/mol. The Morgan fingerprint density at radius 3 is 1.51 bits per heavy atom. The normalized spacial score (nSPS) is 43.5. The first kappa shape index (κ1) is 31.4. The Balaban J connectivity index is 1.16. The summed E-state index contributed by atoms with van der Waals surface area (Å²) in [4.78, 5) is 40.9. The lowest BCUT2D eigenvalue weighted by atomic mass is 9.66. The van der Waals surface area contributed by atoms with E-state index in [2.05, 4.69) is 20.8 Å². The number of rotatable bonds is 8. The summed E-state index contributed by atoms with van der Waals surface area (Å²) in [6, 6.07) is 0. The van der Waals surface area contributed by atoms with Gasteiger partial charge in [0, 0.05) is 0 Å². The Bertz CT molecular complexity index is 963. The number of carbonyl (C=O) groups is 3. The largest absolute Gasteiger partial charge is 0.462 e. The van der Waals surface area contributed by atoms with Crippen LogP contribution >= 0.6 is 0 Å². The molecule has 6 fully saturated rings. The molecule has 0 aromatic heterocycles. The van der Waals surface area contributed by atoms with Crippen LogP contribution in [-0.4, -0.2) is 46.9 Å². The number of hydrogen-bond acceptors (Lipinski definition) is 7. The maximum atomic E-state index is 13.9. The molecule has 43 heavy (non-hydrogen) atoms. The maximum absolute atomic E-state index is 13.9. The second-order valence-electron chi connectivity index (χ2n) is 16.2. The van der Waals surface area contributed by atoms with Gasteiger partial charge in [0.15, 0.2) is 5.60 Å². The first-order valence-corrected chi connectivity index (χ1v) is 17.9. The van der Waals surface area contributed by atoms with Crippen molar-refractivity contribution in [1.29, 1.82) is 0 Å². The zero-order chi connectivity index (χ0) is 30.3. The molecule has 7 heteroatoms. The standard InChI is InChI=1S/C36H56O7/c1-21-13-25-9-5-10-26(14-21)33(25)42-31(38)20-36(40,35(39)43-34-27-11-6-12-28(34)16-22(2)15-27)19-30(37)41-32-23(3)17-24-7-4-8-29(32)18-24/h21-29,32-34,40H,4-20H2,1-3H3. The van der Waals surface area contributed by atoms with Crippen LogP contribution in [0, 0.1) is 53.3 Å². The van der Waals surface area contributed by atoms with Gasteiger partial charge in [0.1, 0.15) is 18.3 Å². The Hall–Kier alpha value is -1.63. The van der Waals surface area contributed by atoms with Gasteiger partial charge in [0.05, 0.1) is 12.8 Å². The fourth-order valence-electron chi connectivity index (χ4n) is 10.9. The van der Waals surface area contributed by atoms with Crippen LogP contribution in [0.1, 0.15) is 130 Å². The molecule has 9 atom stereocenters. The van der Waals surface area contributed by atoms with Gasteiger partial charge in [0.25, 0.3) is 0 Å². The van der Waals surface area contributed by atoms with Crippen molar-refractivity contribution < 1.29 is 33.7 Å². The van der Waals surface area contributed by atoms with E-state index in [1.54, 1.807) is 0 Å². The molecule has 0 amide bonds. The van der Waals surface area contributed by atoms with Crippen molar-refractivity contribution in [2.24, 2.45) is 53.3 Å². The third-order valence-corrected chi connectivity index (χ3v) is 12.6. The summed E-state index contributed by atoms with van der Waals surface area (Å²) in [5, 5.41) is 11.9. The highest BCUT2D eigenvalue weighted by Gasteiger charge is 2.50. The lowest BCUT2D eigenvalue weighted by Crippen LogP contribution is -2.51. The van der Waals surface area contributed by atoms with Gasteiger partial charge < -0.3 is 19.3 Å². The molecular weight excluding hydrogens is 544 g/mol. The summed E-state index contributed by atoms with van der Waals surface area (Å²) in [7, 11) is 0. The molecule has 0 saturated heterocycles. The van der Waals surface area contributed by atoms with Gasteiger partial charge in [-0.05, 0) is 124 Å². The number of aliphatic hydroxyl groups is 1. The number of carbonyl (C=O) groups excluding carboxylic acids is 3. The van der Waals surface area contributed by atoms with Crippen LogP contribution in [0.5, 0.6) is 0 Å². The average Bonchev–Trinajstić information content (AvgIpc) is 2.92. The van der Waals surface area contributed by atoms with Crippen LogP contribution in [-0.2, 0) is 28.6 Å². The molecule has 6 bridgehead atoms. The van der Waals surface area contributed by atoms with Crippen LogP contribution in [0.4, 0.5) is 0 Å². The minimum atomic E-state index is -2.30. The smallest absolute Gasteiger partial charge is 0.339 e. The van der Waals surface area contributed by atoms with Gasteiger partial charge in [0.2, 0.25) is 0 Å². The second-order valence-corrected chi connectivity index (χ2v) is 16.2. The third-order valence-electron chi connectivity index (χ3n) is 12.6. The van der Waals surface area contributed by atoms with E-state index in [1.807, 2.05) is 0 Å². The summed E-state index contributed by atoms with van der Waals surface area (Å²) >= 11 is 0. The van der Waals surface area contributed by atoms with E-state index in [-0.39, 0.29) is 36.1 Å². The molecule has 6 aliphatic rings. The molecular formula is C36H56O7. The highest BCUT2D eigenvalue weighted by atomic mass is 16.6. The molecule has 6 rings (SSSR count). The van der Waals surface area contributed by atoms with Crippen molar-refractivity contribution in [3.8, 4) is 0 Å². The van der Waals surface area contributed by atoms with E-state index < -0.39 is 36.4 Å². The molecule has 0 aromatic carbocycles. The van der Waals surface area contributed by atoms with E-state index >= 15 is 0 Å². The van der Waals surface area contributed by atoms with E-state index in [9.17, 15) is 19.5 Å². The van der Waals surface area contributed by atoms with Gasteiger partial charge in [-0.3, -0.25) is 9.59 Å². The summed E-state index contributed by atoms with van der Waals surface area (Å²) in [5.74, 6) is 1.57. The van der Waals surface area contributed by atoms with E-state index in [0.29, 0.717) is 35.5 Å². The maximum Gasteiger partial charge on any atom is 0.339 e. The molecule has 1 N–H and O–H groups in total. The molecule has 0 spiro atoms. The van der Waals surface area contributed by atoms with Crippen LogP contribution in [0.2, 0.25) is 0 Å². The first-order valence-electron chi connectivity index (χ1n) is 17.9. The van der Waals surface area contributed by atoms with Crippen LogP contribution in [0.25, 0.3) is 0 Å². The predicted molar refractivity (Wildman–Crippen MR) is 162 cm³/mol. The molecule has 242 valence electrons. The minimum absolute atomic E-state index is 0.175. The number of fused-ring (bicyclic) bond motifs is 6. The molecule has 6 saturated carbocycles. The zero-order valence-electron chi connectivity index (χ0n) is 26.8. The summed E-state index contributed by atoms with van der Waals surface area (Å²) < 4.78 is 18.3. The molecule has 9 unspecified atom stereocenters. The number of esters is 3. The van der Waals surface area contributed by atoms with Gasteiger partial charge in [-0.25, -0.2) is 4.79 Å². The van der Waals surface area contributed by atoms with Crippen molar-refractivity contribution in [3.05, 3.63) is 0 Å². The van der Waals surface area contributed by atoms with Crippen molar-refractivity contribution in [3.63, 3.8) is 0 Å². The van der Waals surface area contributed by atoms with Crippen molar-refractivity contribution in [2.75, 3.05) is 0 Å². The lowest BCUT2D eigenvalue weighted by Gasteiger charge is -2.45. The van der Waals surface area contributed by atoms with Crippen molar-refractivity contribution in [1.82, 2.24) is 0 Å². The average molecular weight is 601 g/mol. The van der Waals surface area contributed by atoms with Crippen molar-refractivity contribution >= 4 is 17.9 Å². The highest BCUT2D eigenvalue weighted by molar-refractivity contribution is 5.90. The van der Waals surface area contributed by atoms with Gasteiger partial charge in [-0.15, -0.1) is 0 Å². The molecule has 0 aromatic rings.